The largest absolute Gasteiger partial charge is 0.507 e. The Balaban J connectivity index is 3.40. The highest BCUT2D eigenvalue weighted by molar-refractivity contribution is 6.04. The van der Waals surface area contributed by atoms with Crippen LogP contribution in [0, 0.1) is 0 Å². The average molecular weight is 267 g/mol. The lowest BCUT2D eigenvalue weighted by atomic mass is 10.1. The minimum atomic E-state index is -0.808. The van der Waals surface area contributed by atoms with Crippen LogP contribution in [0.5, 0.6) is 5.75 Å². The number of methoxy groups -OCH3 is 2. The number of benzene rings is 1. The number of hydrogen-bond donors (Lipinski definition) is 2. The summed E-state index contributed by atoms with van der Waals surface area (Å²) in [6, 6.07) is 2.18. The van der Waals surface area contributed by atoms with Crippen LogP contribution < -0.4 is 5.32 Å². The zero-order valence-electron chi connectivity index (χ0n) is 10.6. The molecule has 7 heteroatoms. The van der Waals surface area contributed by atoms with E-state index < -0.39 is 23.6 Å². The van der Waals surface area contributed by atoms with E-state index in [0.29, 0.717) is 0 Å². The van der Waals surface area contributed by atoms with Crippen molar-refractivity contribution in [1.82, 2.24) is 0 Å². The number of phenols is 1. The van der Waals surface area contributed by atoms with Crippen LogP contribution in [0.2, 0.25) is 0 Å². The number of carbonyl (C=O) groups excluding carboxylic acids is 3. The van der Waals surface area contributed by atoms with Gasteiger partial charge in [0.1, 0.15) is 11.3 Å². The van der Waals surface area contributed by atoms with E-state index in [1.165, 1.54) is 6.92 Å². The van der Waals surface area contributed by atoms with Crippen molar-refractivity contribution in [2.75, 3.05) is 19.5 Å². The van der Waals surface area contributed by atoms with Gasteiger partial charge in [-0.15, -0.1) is 0 Å². The second kappa shape index (κ2) is 5.85. The van der Waals surface area contributed by atoms with Crippen LogP contribution >= 0.6 is 0 Å². The first-order valence-corrected chi connectivity index (χ1v) is 5.22. The molecule has 7 nitrogen and oxygen atoms in total. The molecule has 102 valence electrons. The molecular formula is C12H13NO6. The van der Waals surface area contributed by atoms with Crippen molar-refractivity contribution < 1.29 is 29.0 Å². The normalized spacial score (nSPS) is 9.63. The predicted octanol–water partition coefficient (Wildman–Crippen LogP) is 0.924. The van der Waals surface area contributed by atoms with Gasteiger partial charge in [0.05, 0.1) is 25.5 Å². The van der Waals surface area contributed by atoms with Crippen LogP contribution in [0.1, 0.15) is 27.6 Å². The molecule has 1 aromatic rings. The molecule has 1 amide bonds. The molecule has 0 spiro atoms. The molecule has 0 aromatic heterocycles. The van der Waals surface area contributed by atoms with E-state index >= 15 is 0 Å². The van der Waals surface area contributed by atoms with Crippen LogP contribution in [-0.2, 0) is 14.3 Å². The maximum absolute atomic E-state index is 11.6. The number of hydrogen-bond acceptors (Lipinski definition) is 6. The van der Waals surface area contributed by atoms with Crippen LogP contribution in [0.3, 0.4) is 0 Å². The fourth-order valence-electron chi connectivity index (χ4n) is 1.43. The van der Waals surface area contributed by atoms with E-state index in [1.54, 1.807) is 0 Å². The maximum Gasteiger partial charge on any atom is 0.341 e. The van der Waals surface area contributed by atoms with E-state index in [4.69, 9.17) is 0 Å². The number of nitrogens with one attached hydrogen (secondary N) is 1. The molecule has 1 aromatic carbocycles. The lowest BCUT2D eigenvalue weighted by molar-refractivity contribution is -0.114. The Labute approximate surface area is 109 Å². The summed E-state index contributed by atoms with van der Waals surface area (Å²) >= 11 is 0. The molecule has 0 aliphatic rings. The molecule has 0 unspecified atom stereocenters. The highest BCUT2D eigenvalue weighted by Gasteiger charge is 2.20. The molecule has 0 bridgehead atoms. The topological polar surface area (TPSA) is 102 Å². The predicted molar refractivity (Wildman–Crippen MR) is 65.1 cm³/mol. The highest BCUT2D eigenvalue weighted by Crippen LogP contribution is 2.27. The van der Waals surface area contributed by atoms with Gasteiger partial charge in [-0.2, -0.15) is 0 Å². The number of esters is 2. The second-order valence-electron chi connectivity index (χ2n) is 3.58. The van der Waals surface area contributed by atoms with Crippen molar-refractivity contribution in [3.63, 3.8) is 0 Å². The van der Waals surface area contributed by atoms with E-state index in [-0.39, 0.29) is 16.8 Å². The van der Waals surface area contributed by atoms with E-state index in [9.17, 15) is 19.5 Å². The SMILES string of the molecule is COC(=O)c1cc(C(=O)OC)c(NC(C)=O)cc1O. The standard InChI is InChI=1S/C12H13NO6/c1-6(14)13-9-5-10(15)8(12(17)19-3)4-7(9)11(16)18-2/h4-5,15H,1-3H3,(H,13,14). The molecule has 19 heavy (non-hydrogen) atoms. The third kappa shape index (κ3) is 3.21. The van der Waals surface area contributed by atoms with Gasteiger partial charge in [0.2, 0.25) is 5.91 Å². The fraction of sp³-hybridized carbons (Fsp3) is 0.250. The molecule has 0 aliphatic heterocycles. The number of anilines is 1. The molecule has 0 heterocycles. The molecule has 2 N–H and O–H groups in total. The third-order valence-electron chi connectivity index (χ3n) is 2.26. The minimum absolute atomic E-state index is 0.0458. The first-order valence-electron chi connectivity index (χ1n) is 5.22. The van der Waals surface area contributed by atoms with Gasteiger partial charge in [0.25, 0.3) is 0 Å². The van der Waals surface area contributed by atoms with Gasteiger partial charge < -0.3 is 19.9 Å². The Morgan fingerprint density at radius 2 is 1.58 bits per heavy atom. The third-order valence-corrected chi connectivity index (χ3v) is 2.26. The zero-order valence-corrected chi connectivity index (χ0v) is 10.6. The van der Waals surface area contributed by atoms with Crippen LogP contribution in [-0.4, -0.2) is 37.2 Å². The Kier molecular flexibility index (Phi) is 4.46. The second-order valence-corrected chi connectivity index (χ2v) is 3.58. The van der Waals surface area contributed by atoms with Crippen LogP contribution in [0.25, 0.3) is 0 Å². The summed E-state index contributed by atoms with van der Waals surface area (Å²) in [7, 11) is 2.30. The monoisotopic (exact) mass is 267 g/mol. The number of carbonyl (C=O) groups is 3. The Morgan fingerprint density at radius 3 is 2.05 bits per heavy atom. The average Bonchev–Trinajstić information content (AvgIpc) is 2.36. The van der Waals surface area contributed by atoms with Gasteiger partial charge in [0, 0.05) is 13.0 Å². The smallest absolute Gasteiger partial charge is 0.341 e. The van der Waals surface area contributed by atoms with Crippen molar-refractivity contribution in [3.05, 3.63) is 23.3 Å². The summed E-state index contributed by atoms with van der Waals surface area (Å²) in [5, 5.41) is 12.0. The Hall–Kier alpha value is -2.57. The van der Waals surface area contributed by atoms with Crippen molar-refractivity contribution in [2.24, 2.45) is 0 Å². The molecule has 1 rings (SSSR count). The van der Waals surface area contributed by atoms with Crippen molar-refractivity contribution in [3.8, 4) is 5.75 Å². The van der Waals surface area contributed by atoms with Crippen molar-refractivity contribution in [2.45, 2.75) is 6.92 Å². The zero-order chi connectivity index (χ0) is 14.6. The summed E-state index contributed by atoms with van der Waals surface area (Å²) in [5.74, 6) is -2.41. The molecule has 0 saturated heterocycles. The van der Waals surface area contributed by atoms with Crippen LogP contribution in [0.15, 0.2) is 12.1 Å². The van der Waals surface area contributed by atoms with Gasteiger partial charge in [-0.3, -0.25) is 4.79 Å². The molecule has 0 atom stereocenters. The highest BCUT2D eigenvalue weighted by atomic mass is 16.5. The quantitative estimate of drug-likeness (QED) is 0.790. The number of ether oxygens (including phenoxy) is 2. The first-order chi connectivity index (χ1) is 8.90. The Morgan fingerprint density at radius 1 is 1.05 bits per heavy atom. The van der Waals surface area contributed by atoms with E-state index in [2.05, 4.69) is 14.8 Å². The molecule has 0 saturated carbocycles. The number of aromatic hydroxyl groups is 1. The lowest BCUT2D eigenvalue weighted by Gasteiger charge is -2.11. The van der Waals surface area contributed by atoms with E-state index in [1.807, 2.05) is 0 Å². The van der Waals surface area contributed by atoms with Crippen molar-refractivity contribution in [1.29, 1.82) is 0 Å². The summed E-state index contributed by atoms with van der Waals surface area (Å²) in [4.78, 5) is 34.0. The number of amides is 1. The summed E-state index contributed by atoms with van der Waals surface area (Å²) in [6.45, 7) is 1.24. The van der Waals surface area contributed by atoms with Crippen LogP contribution in [0.4, 0.5) is 5.69 Å². The van der Waals surface area contributed by atoms with Gasteiger partial charge in [-0.05, 0) is 6.07 Å². The maximum atomic E-state index is 11.6. The molecule has 0 radical (unpaired) electrons. The summed E-state index contributed by atoms with van der Waals surface area (Å²) in [5.41, 5.74) is -0.211. The fourth-order valence-corrected chi connectivity index (χ4v) is 1.43. The van der Waals surface area contributed by atoms with E-state index in [0.717, 1.165) is 26.4 Å². The van der Waals surface area contributed by atoms with Gasteiger partial charge >= 0.3 is 11.9 Å². The van der Waals surface area contributed by atoms with Gasteiger partial charge in [0.15, 0.2) is 0 Å². The molecule has 0 fully saturated rings. The Bertz CT molecular complexity index is 537. The minimum Gasteiger partial charge on any atom is -0.507 e. The van der Waals surface area contributed by atoms with Crippen molar-refractivity contribution >= 4 is 23.5 Å². The first kappa shape index (κ1) is 14.5. The van der Waals surface area contributed by atoms with Gasteiger partial charge in [-0.1, -0.05) is 0 Å². The number of phenolic OH excluding ortho intramolecular Hbond substituents is 1. The molecule has 0 aliphatic carbocycles. The number of rotatable bonds is 3. The molecular weight excluding hydrogens is 254 g/mol. The summed E-state index contributed by atoms with van der Waals surface area (Å²) in [6.07, 6.45) is 0. The summed E-state index contributed by atoms with van der Waals surface area (Å²) < 4.78 is 9.01. The van der Waals surface area contributed by atoms with Gasteiger partial charge in [-0.25, -0.2) is 9.59 Å². The lowest BCUT2D eigenvalue weighted by Crippen LogP contribution is -2.14.